The second kappa shape index (κ2) is 10.1. The summed E-state index contributed by atoms with van der Waals surface area (Å²) in [7, 11) is 0. The summed E-state index contributed by atoms with van der Waals surface area (Å²) in [6.45, 7) is 4.68. The lowest BCUT2D eigenvalue weighted by atomic mass is 9.80. The highest BCUT2D eigenvalue weighted by Crippen LogP contribution is 2.51. The lowest BCUT2D eigenvalue weighted by molar-refractivity contribution is 0.661. The maximum absolute atomic E-state index is 9.24. The van der Waals surface area contributed by atoms with Crippen LogP contribution in [0.1, 0.15) is 30.5 Å². The zero-order chi connectivity index (χ0) is 32.9. The van der Waals surface area contributed by atoms with Crippen LogP contribution in [-0.4, -0.2) is 0 Å². The average molecular weight is 622 g/mol. The summed E-state index contributed by atoms with van der Waals surface area (Å²) in [4.78, 5) is 0. The van der Waals surface area contributed by atoms with Crippen LogP contribution >= 0.6 is 0 Å². The van der Waals surface area contributed by atoms with Crippen molar-refractivity contribution in [1.82, 2.24) is 0 Å². The number of nitriles is 1. The van der Waals surface area contributed by atoms with Crippen LogP contribution in [0.2, 0.25) is 0 Å². The molecule has 0 aliphatic heterocycles. The zero-order valence-corrected chi connectivity index (χ0v) is 27.4. The monoisotopic (exact) mass is 621 g/mol. The van der Waals surface area contributed by atoms with Gasteiger partial charge >= 0.3 is 0 Å². The van der Waals surface area contributed by atoms with E-state index in [1.165, 1.54) is 93.9 Å². The standard InChI is InChI=1S/C48H31N/c1-48(2)45-26-33(30-12-10-29(28-49)11-13-30)18-20-40(45)41-21-19-34(27-46(41)48)32-16-14-31-15-17-35(25-36(31)24-32)37-22-23-44-39-7-4-3-6-38(39)43-9-5-8-42(37)47(43)44/h3-27H,1-2H3. The number of rotatable bonds is 3. The van der Waals surface area contributed by atoms with Gasteiger partial charge in [-0.2, -0.15) is 5.26 Å². The molecule has 0 spiro atoms. The molecular formula is C48H31N. The molecule has 0 saturated carbocycles. The normalized spacial score (nSPS) is 13.2. The van der Waals surface area contributed by atoms with Crippen LogP contribution in [0, 0.1) is 11.3 Å². The van der Waals surface area contributed by atoms with Crippen molar-refractivity contribution in [2.45, 2.75) is 19.3 Å². The highest BCUT2D eigenvalue weighted by Gasteiger charge is 2.36. The smallest absolute Gasteiger partial charge is 0.0991 e. The minimum Gasteiger partial charge on any atom is -0.192 e. The van der Waals surface area contributed by atoms with E-state index in [4.69, 9.17) is 0 Å². The molecule has 0 fully saturated rings. The molecule has 0 heterocycles. The van der Waals surface area contributed by atoms with E-state index >= 15 is 0 Å². The fourth-order valence-corrected chi connectivity index (χ4v) is 8.49. The maximum atomic E-state index is 9.24. The minimum atomic E-state index is -0.136. The first-order valence-corrected chi connectivity index (χ1v) is 17.0. The number of nitrogens with zero attached hydrogens (tertiary/aromatic N) is 1. The van der Waals surface area contributed by atoms with E-state index in [-0.39, 0.29) is 5.41 Å². The average Bonchev–Trinajstić information content (AvgIpc) is 3.60. The summed E-state index contributed by atoms with van der Waals surface area (Å²) in [5, 5.41) is 14.4. The van der Waals surface area contributed by atoms with E-state index in [1.54, 1.807) is 0 Å². The van der Waals surface area contributed by atoms with Gasteiger partial charge in [0.2, 0.25) is 0 Å². The van der Waals surface area contributed by atoms with Gasteiger partial charge in [0.25, 0.3) is 0 Å². The van der Waals surface area contributed by atoms with E-state index < -0.39 is 0 Å². The van der Waals surface area contributed by atoms with Crippen molar-refractivity contribution in [3.63, 3.8) is 0 Å². The largest absolute Gasteiger partial charge is 0.192 e. The molecule has 8 aromatic carbocycles. The first-order chi connectivity index (χ1) is 24.0. The Labute approximate surface area is 286 Å². The predicted octanol–water partition coefficient (Wildman–Crippen LogP) is 12.8. The van der Waals surface area contributed by atoms with E-state index in [0.717, 1.165) is 5.56 Å². The van der Waals surface area contributed by atoms with Gasteiger partial charge < -0.3 is 0 Å². The fraction of sp³-hybridized carbons (Fsp3) is 0.0625. The lowest BCUT2D eigenvalue weighted by Gasteiger charge is -2.22. The molecule has 0 bridgehead atoms. The summed E-state index contributed by atoms with van der Waals surface area (Å²) in [5.41, 5.74) is 18.5. The van der Waals surface area contributed by atoms with Crippen molar-refractivity contribution >= 4 is 21.5 Å². The van der Waals surface area contributed by atoms with Crippen LogP contribution < -0.4 is 0 Å². The van der Waals surface area contributed by atoms with Crippen molar-refractivity contribution in [3.8, 4) is 72.8 Å². The Kier molecular flexibility index (Phi) is 5.76. The van der Waals surface area contributed by atoms with Crippen LogP contribution in [0.3, 0.4) is 0 Å². The van der Waals surface area contributed by atoms with Crippen molar-refractivity contribution in [2.24, 2.45) is 0 Å². The first-order valence-electron chi connectivity index (χ1n) is 17.0. The topological polar surface area (TPSA) is 23.8 Å². The zero-order valence-electron chi connectivity index (χ0n) is 27.4. The fourth-order valence-electron chi connectivity index (χ4n) is 8.49. The Balaban J connectivity index is 1.03. The van der Waals surface area contributed by atoms with Crippen molar-refractivity contribution in [1.29, 1.82) is 5.26 Å². The molecule has 10 rings (SSSR count). The molecule has 0 saturated heterocycles. The Bertz CT molecular complexity index is 2710. The second-order valence-electron chi connectivity index (χ2n) is 14.0. The molecule has 0 N–H and O–H groups in total. The quantitative estimate of drug-likeness (QED) is 0.193. The highest BCUT2D eigenvalue weighted by atomic mass is 14.4. The number of hydrogen-bond donors (Lipinski definition) is 0. The van der Waals surface area contributed by atoms with Crippen LogP contribution in [-0.2, 0) is 5.41 Å². The molecule has 8 aromatic rings. The summed E-state index contributed by atoms with van der Waals surface area (Å²) < 4.78 is 0. The van der Waals surface area contributed by atoms with Gasteiger partial charge in [-0.1, -0.05) is 129 Å². The molecule has 0 radical (unpaired) electrons. The van der Waals surface area contributed by atoms with Crippen molar-refractivity contribution < 1.29 is 0 Å². The van der Waals surface area contributed by atoms with Crippen LogP contribution in [0.25, 0.3) is 88.3 Å². The van der Waals surface area contributed by atoms with Gasteiger partial charge in [-0.3, -0.25) is 0 Å². The minimum absolute atomic E-state index is 0.136. The van der Waals surface area contributed by atoms with E-state index in [0.29, 0.717) is 5.56 Å². The Morgan fingerprint density at radius 2 is 0.918 bits per heavy atom. The van der Waals surface area contributed by atoms with Gasteiger partial charge in [0.15, 0.2) is 0 Å². The SMILES string of the molecule is CC1(C)c2cc(-c3ccc(C#N)cc3)ccc2-c2ccc(-c3ccc4ccc(-c5ccc6c7c(cccc57)-c5ccccc5-6)cc4c3)cc21. The molecule has 49 heavy (non-hydrogen) atoms. The van der Waals surface area contributed by atoms with Crippen LogP contribution in [0.5, 0.6) is 0 Å². The van der Waals surface area contributed by atoms with Crippen LogP contribution in [0.15, 0.2) is 152 Å². The first kappa shape index (κ1) is 27.8. The summed E-state index contributed by atoms with van der Waals surface area (Å²) in [5.74, 6) is 0. The molecular weight excluding hydrogens is 591 g/mol. The van der Waals surface area contributed by atoms with Crippen molar-refractivity contribution in [3.05, 3.63) is 168 Å². The van der Waals surface area contributed by atoms with E-state index in [1.807, 2.05) is 24.3 Å². The molecule has 0 atom stereocenters. The van der Waals surface area contributed by atoms with E-state index in [2.05, 4.69) is 147 Å². The van der Waals surface area contributed by atoms with Gasteiger partial charge in [0, 0.05) is 5.41 Å². The lowest BCUT2D eigenvalue weighted by Crippen LogP contribution is -2.15. The van der Waals surface area contributed by atoms with E-state index in [9.17, 15) is 5.26 Å². The Morgan fingerprint density at radius 3 is 1.61 bits per heavy atom. The van der Waals surface area contributed by atoms with Crippen LogP contribution in [0.4, 0.5) is 0 Å². The summed E-state index contributed by atoms with van der Waals surface area (Å²) in [6, 6.07) is 57.8. The third-order valence-electron chi connectivity index (χ3n) is 11.1. The Morgan fingerprint density at radius 1 is 0.408 bits per heavy atom. The van der Waals surface area contributed by atoms with Gasteiger partial charge in [0.1, 0.15) is 0 Å². The predicted molar refractivity (Wildman–Crippen MR) is 204 cm³/mol. The molecule has 0 amide bonds. The molecule has 0 aromatic heterocycles. The molecule has 0 unspecified atom stereocenters. The Hall–Kier alpha value is -6.23. The molecule has 1 nitrogen and oxygen atoms in total. The third kappa shape index (κ3) is 4.05. The second-order valence-corrected chi connectivity index (χ2v) is 14.0. The summed E-state index contributed by atoms with van der Waals surface area (Å²) >= 11 is 0. The van der Waals surface area contributed by atoms with Gasteiger partial charge in [-0.25, -0.2) is 0 Å². The highest BCUT2D eigenvalue weighted by molar-refractivity contribution is 6.18. The number of fused-ring (bicyclic) bond motifs is 7. The van der Waals surface area contributed by atoms with Gasteiger partial charge in [0.05, 0.1) is 11.6 Å². The molecule has 2 aliphatic carbocycles. The van der Waals surface area contributed by atoms with Crippen molar-refractivity contribution in [2.75, 3.05) is 0 Å². The number of hydrogen-bond acceptors (Lipinski definition) is 1. The summed E-state index contributed by atoms with van der Waals surface area (Å²) in [6.07, 6.45) is 0. The number of benzene rings is 8. The third-order valence-corrected chi connectivity index (χ3v) is 11.1. The molecule has 2 aliphatic rings. The molecule has 1 heteroatoms. The molecule has 228 valence electrons. The van der Waals surface area contributed by atoms with Gasteiger partial charge in [-0.05, 0) is 136 Å². The maximum Gasteiger partial charge on any atom is 0.0991 e. The van der Waals surface area contributed by atoms with Gasteiger partial charge in [-0.15, -0.1) is 0 Å².